The highest BCUT2D eigenvalue weighted by Crippen LogP contribution is 2.38. The van der Waals surface area contributed by atoms with E-state index in [2.05, 4.69) is 10.9 Å². The van der Waals surface area contributed by atoms with Gasteiger partial charge >= 0.3 is 0 Å². The van der Waals surface area contributed by atoms with Crippen LogP contribution in [-0.4, -0.2) is 45.0 Å². The van der Waals surface area contributed by atoms with Gasteiger partial charge in [0.1, 0.15) is 13.2 Å². The van der Waals surface area contributed by atoms with Crippen LogP contribution in [0.2, 0.25) is 5.02 Å². The number of halogens is 1. The number of hydrazine groups is 1. The molecule has 3 rings (SSSR count). The van der Waals surface area contributed by atoms with Crippen LogP contribution in [0.1, 0.15) is 18.4 Å². The first-order valence-electron chi connectivity index (χ1n) is 8.39. The number of sulfone groups is 1. The summed E-state index contributed by atoms with van der Waals surface area (Å²) in [4.78, 5) is 23.6. The Kier molecular flexibility index (Phi) is 5.91. The summed E-state index contributed by atoms with van der Waals surface area (Å²) in [7, 11) is -3.03. The number of hydrogen-bond donors (Lipinski definition) is 2. The van der Waals surface area contributed by atoms with E-state index in [9.17, 15) is 18.0 Å². The topological polar surface area (TPSA) is 111 Å². The van der Waals surface area contributed by atoms with Gasteiger partial charge in [0.05, 0.1) is 16.5 Å². The molecule has 10 heteroatoms. The van der Waals surface area contributed by atoms with Gasteiger partial charge in [-0.05, 0) is 36.1 Å². The molecule has 2 N–H and O–H groups in total. The molecule has 2 heterocycles. The van der Waals surface area contributed by atoms with E-state index >= 15 is 0 Å². The van der Waals surface area contributed by atoms with E-state index in [0.29, 0.717) is 41.7 Å². The van der Waals surface area contributed by atoms with E-state index in [1.165, 1.54) is 12.2 Å². The van der Waals surface area contributed by atoms with Gasteiger partial charge in [-0.3, -0.25) is 20.4 Å². The average molecular weight is 415 g/mol. The minimum Gasteiger partial charge on any atom is -0.486 e. The van der Waals surface area contributed by atoms with Gasteiger partial charge < -0.3 is 9.47 Å². The van der Waals surface area contributed by atoms with Gasteiger partial charge in [0, 0.05) is 12.5 Å². The molecule has 1 aromatic carbocycles. The zero-order valence-electron chi connectivity index (χ0n) is 14.4. The maximum atomic E-state index is 11.8. The Morgan fingerprint density at radius 1 is 1.22 bits per heavy atom. The SMILES string of the molecule is O=C(/C=C/c1cc(Cl)c2c(c1)OCCO2)NNC(=O)C[C@H]1CCS(=O)(=O)C1. The number of carbonyl (C=O) groups is 2. The third-order valence-electron chi connectivity index (χ3n) is 4.17. The molecule has 8 nitrogen and oxygen atoms in total. The molecule has 1 fully saturated rings. The van der Waals surface area contributed by atoms with E-state index in [1.54, 1.807) is 12.1 Å². The summed E-state index contributed by atoms with van der Waals surface area (Å²) < 4.78 is 33.7. The molecular formula is C17H19ClN2O6S. The molecule has 0 radical (unpaired) electrons. The van der Waals surface area contributed by atoms with Crippen molar-refractivity contribution in [3.8, 4) is 11.5 Å². The molecule has 2 aliphatic rings. The summed E-state index contributed by atoms with van der Waals surface area (Å²) in [6, 6.07) is 3.33. The van der Waals surface area contributed by atoms with E-state index in [1.807, 2.05) is 0 Å². The lowest BCUT2D eigenvalue weighted by atomic mass is 10.1. The Morgan fingerprint density at radius 3 is 2.74 bits per heavy atom. The molecular weight excluding hydrogens is 396 g/mol. The summed E-state index contributed by atoms with van der Waals surface area (Å²) in [5.74, 6) is -0.0617. The molecule has 2 aliphatic heterocycles. The zero-order chi connectivity index (χ0) is 19.4. The Bertz CT molecular complexity index is 884. The van der Waals surface area contributed by atoms with Crippen molar-refractivity contribution in [2.24, 2.45) is 5.92 Å². The highest BCUT2D eigenvalue weighted by atomic mass is 35.5. The Hall–Kier alpha value is -2.26. The van der Waals surface area contributed by atoms with Crippen molar-refractivity contribution < 1.29 is 27.5 Å². The van der Waals surface area contributed by atoms with Gasteiger partial charge in [-0.1, -0.05) is 11.6 Å². The number of carbonyl (C=O) groups excluding carboxylic acids is 2. The van der Waals surface area contributed by atoms with Crippen molar-refractivity contribution in [3.05, 3.63) is 28.8 Å². The molecule has 0 aliphatic carbocycles. The van der Waals surface area contributed by atoms with Crippen molar-refractivity contribution in [2.45, 2.75) is 12.8 Å². The van der Waals surface area contributed by atoms with E-state index in [-0.39, 0.29) is 23.8 Å². The summed E-state index contributed by atoms with van der Waals surface area (Å²) in [5.41, 5.74) is 5.18. The second-order valence-electron chi connectivity index (χ2n) is 6.37. The lowest BCUT2D eigenvalue weighted by Crippen LogP contribution is -2.41. The molecule has 0 bridgehead atoms. The summed E-state index contributed by atoms with van der Waals surface area (Å²) in [5, 5.41) is 0.382. The second kappa shape index (κ2) is 8.18. The third-order valence-corrected chi connectivity index (χ3v) is 6.29. The van der Waals surface area contributed by atoms with E-state index in [0.717, 1.165) is 0 Å². The molecule has 27 heavy (non-hydrogen) atoms. The normalized spacial score (nSPS) is 20.4. The maximum Gasteiger partial charge on any atom is 0.262 e. The smallest absolute Gasteiger partial charge is 0.262 e. The summed E-state index contributed by atoms with van der Waals surface area (Å²) in [6.45, 7) is 0.849. The number of hydrogen-bond acceptors (Lipinski definition) is 6. The first kappa shape index (κ1) is 19.5. The van der Waals surface area contributed by atoms with Crippen LogP contribution in [0, 0.1) is 5.92 Å². The number of nitrogens with one attached hydrogen (secondary N) is 2. The zero-order valence-corrected chi connectivity index (χ0v) is 15.9. The summed E-state index contributed by atoms with van der Waals surface area (Å²) in [6.07, 6.45) is 3.28. The highest BCUT2D eigenvalue weighted by molar-refractivity contribution is 7.91. The van der Waals surface area contributed by atoms with Crippen LogP contribution >= 0.6 is 11.6 Å². The molecule has 146 valence electrons. The largest absolute Gasteiger partial charge is 0.486 e. The minimum absolute atomic E-state index is 0.0130. The first-order chi connectivity index (χ1) is 12.8. The van der Waals surface area contributed by atoms with Gasteiger partial charge in [-0.25, -0.2) is 8.42 Å². The van der Waals surface area contributed by atoms with Crippen molar-refractivity contribution in [1.29, 1.82) is 0 Å². The van der Waals surface area contributed by atoms with Gasteiger partial charge in [-0.2, -0.15) is 0 Å². The standard InChI is InChI=1S/C17H19ClN2O6S/c18-13-7-11(8-14-17(13)26-5-4-25-14)1-2-15(21)19-20-16(22)9-12-3-6-27(23,24)10-12/h1-2,7-8,12H,3-6,9-10H2,(H,19,21)(H,20,22)/b2-1+/t12-/m1/s1. The monoisotopic (exact) mass is 414 g/mol. The van der Waals surface area contributed by atoms with Crippen LogP contribution in [0.4, 0.5) is 0 Å². The van der Waals surface area contributed by atoms with Crippen LogP contribution in [0.15, 0.2) is 18.2 Å². The Balaban J connectivity index is 1.49. The number of fused-ring (bicyclic) bond motifs is 1. The predicted molar refractivity (Wildman–Crippen MR) is 99.1 cm³/mol. The third kappa shape index (κ3) is 5.36. The number of benzene rings is 1. The summed E-state index contributed by atoms with van der Waals surface area (Å²) >= 11 is 6.13. The lowest BCUT2D eigenvalue weighted by Gasteiger charge is -2.19. The fourth-order valence-electron chi connectivity index (χ4n) is 2.92. The van der Waals surface area contributed by atoms with Gasteiger partial charge in [0.25, 0.3) is 5.91 Å². The van der Waals surface area contributed by atoms with Gasteiger partial charge in [-0.15, -0.1) is 0 Å². The highest BCUT2D eigenvalue weighted by Gasteiger charge is 2.29. The number of amides is 2. The van der Waals surface area contributed by atoms with Crippen molar-refractivity contribution in [3.63, 3.8) is 0 Å². The molecule has 0 aromatic heterocycles. The van der Waals surface area contributed by atoms with Crippen LogP contribution in [0.25, 0.3) is 6.08 Å². The molecule has 0 unspecified atom stereocenters. The molecule has 1 saturated heterocycles. The Morgan fingerprint density at radius 2 is 2.00 bits per heavy atom. The van der Waals surface area contributed by atoms with Gasteiger partial charge in [0.2, 0.25) is 5.91 Å². The van der Waals surface area contributed by atoms with Crippen molar-refractivity contribution in [2.75, 3.05) is 24.7 Å². The predicted octanol–water partition coefficient (Wildman–Crippen LogP) is 1.10. The van der Waals surface area contributed by atoms with Crippen LogP contribution in [-0.2, 0) is 19.4 Å². The van der Waals surface area contributed by atoms with Crippen LogP contribution in [0.3, 0.4) is 0 Å². The molecule has 1 aromatic rings. The van der Waals surface area contributed by atoms with Crippen LogP contribution in [0.5, 0.6) is 11.5 Å². The number of ether oxygens (including phenoxy) is 2. The average Bonchev–Trinajstić information content (AvgIpc) is 2.96. The maximum absolute atomic E-state index is 11.8. The van der Waals surface area contributed by atoms with Crippen molar-refractivity contribution >= 4 is 39.3 Å². The van der Waals surface area contributed by atoms with E-state index < -0.39 is 21.7 Å². The molecule has 0 saturated carbocycles. The number of rotatable bonds is 4. The fourth-order valence-corrected chi connectivity index (χ4v) is 5.05. The van der Waals surface area contributed by atoms with Crippen molar-refractivity contribution in [1.82, 2.24) is 10.9 Å². The Labute approximate surface area is 161 Å². The molecule has 2 amide bonds. The first-order valence-corrected chi connectivity index (χ1v) is 10.6. The molecule has 1 atom stereocenters. The fraction of sp³-hybridized carbons (Fsp3) is 0.412. The van der Waals surface area contributed by atoms with Gasteiger partial charge in [0.15, 0.2) is 21.3 Å². The second-order valence-corrected chi connectivity index (χ2v) is 9.01. The lowest BCUT2D eigenvalue weighted by molar-refractivity contribution is -0.127. The van der Waals surface area contributed by atoms with E-state index in [4.69, 9.17) is 21.1 Å². The quantitative estimate of drug-likeness (QED) is 0.563. The minimum atomic E-state index is -3.03. The molecule has 0 spiro atoms. The van der Waals surface area contributed by atoms with Crippen LogP contribution < -0.4 is 20.3 Å².